The number of primary amides is 1. The third kappa shape index (κ3) is 8.23. The van der Waals surface area contributed by atoms with Gasteiger partial charge in [-0.2, -0.15) is 13.2 Å². The van der Waals surface area contributed by atoms with Crippen molar-refractivity contribution in [3.05, 3.63) is 41.7 Å². The van der Waals surface area contributed by atoms with Crippen LogP contribution in [0.15, 0.2) is 30.4 Å². The van der Waals surface area contributed by atoms with Crippen molar-refractivity contribution in [1.29, 1.82) is 0 Å². The molecular weight excluding hydrogens is 580 g/mol. The molecule has 1 saturated heterocycles. The van der Waals surface area contributed by atoms with Crippen molar-refractivity contribution in [3.8, 4) is 0 Å². The van der Waals surface area contributed by atoms with Crippen molar-refractivity contribution in [2.75, 3.05) is 11.9 Å². The van der Waals surface area contributed by atoms with Crippen molar-refractivity contribution in [2.45, 2.75) is 87.7 Å². The van der Waals surface area contributed by atoms with E-state index in [1.807, 2.05) is 12.2 Å². The highest BCUT2D eigenvalue weighted by atomic mass is 32.2. The number of halogens is 4. The van der Waals surface area contributed by atoms with Gasteiger partial charge in [-0.05, 0) is 75.5 Å². The molecule has 9 nitrogen and oxygen atoms in total. The lowest BCUT2D eigenvalue weighted by molar-refractivity contribution is -0.140. The highest BCUT2D eigenvalue weighted by Crippen LogP contribution is 2.40. The number of benzene rings is 1. The largest absolute Gasteiger partial charge is 0.419 e. The molecule has 0 unspecified atom stereocenters. The average molecular weight is 617 g/mol. The second kappa shape index (κ2) is 13.0. The molecule has 14 heteroatoms. The number of rotatable bonds is 14. The zero-order chi connectivity index (χ0) is 30.7. The van der Waals surface area contributed by atoms with Gasteiger partial charge in [-0.25, -0.2) is 12.8 Å². The monoisotopic (exact) mass is 616 g/mol. The Hall–Kier alpha value is -3.16. The van der Waals surface area contributed by atoms with Gasteiger partial charge < -0.3 is 16.0 Å². The average Bonchev–Trinajstić information content (AvgIpc) is 3.84. The van der Waals surface area contributed by atoms with Crippen molar-refractivity contribution < 1.29 is 40.4 Å². The number of nitrogens with two attached hydrogens (primary N) is 1. The number of likely N-dealkylation sites (tertiary alicyclic amines) is 1. The number of sulfonamides is 1. The van der Waals surface area contributed by atoms with Crippen LogP contribution in [0.2, 0.25) is 0 Å². The van der Waals surface area contributed by atoms with E-state index in [1.165, 1.54) is 4.90 Å². The number of unbranched alkanes of at least 4 members (excludes halogenated alkanes) is 3. The number of carbonyl (C=O) groups is 3. The molecule has 4 atom stereocenters. The van der Waals surface area contributed by atoms with Crippen molar-refractivity contribution in [1.82, 2.24) is 9.62 Å². The molecule has 0 bridgehead atoms. The fourth-order valence-electron chi connectivity index (χ4n) is 5.28. The van der Waals surface area contributed by atoms with Gasteiger partial charge in [-0.15, -0.1) is 0 Å². The van der Waals surface area contributed by atoms with Crippen LogP contribution < -0.4 is 15.8 Å². The zero-order valence-corrected chi connectivity index (χ0v) is 23.9. The normalized spacial score (nSPS) is 23.1. The van der Waals surface area contributed by atoms with E-state index in [-0.39, 0.29) is 23.9 Å². The maximum Gasteiger partial charge on any atom is 0.419 e. The molecule has 1 aliphatic heterocycles. The van der Waals surface area contributed by atoms with Crippen molar-refractivity contribution in [2.24, 2.45) is 17.6 Å². The molecule has 1 aromatic carbocycles. The maximum absolute atomic E-state index is 13.8. The first-order valence-corrected chi connectivity index (χ1v) is 15.8. The van der Waals surface area contributed by atoms with Gasteiger partial charge in [0, 0.05) is 18.2 Å². The second-order valence-corrected chi connectivity index (χ2v) is 13.2. The maximum atomic E-state index is 13.8. The number of amides is 3. The van der Waals surface area contributed by atoms with Crippen LogP contribution in [0.5, 0.6) is 0 Å². The molecule has 4 rings (SSSR count). The van der Waals surface area contributed by atoms with Gasteiger partial charge in [0.05, 0.1) is 10.8 Å². The number of hydrogen-bond donors (Lipinski definition) is 3. The Labute approximate surface area is 242 Å². The van der Waals surface area contributed by atoms with Gasteiger partial charge in [-0.3, -0.25) is 19.1 Å². The Kier molecular flexibility index (Phi) is 9.84. The standard InChI is InChI=1S/C28H36F4N4O5S/c29-22-13-10-18(16-21(22)28(30,31)32)34-23(27(39)36-14-6-9-24(36)25(33)37)8-5-3-1-2-4-7-17-15-20(17)26(38)35-42(40,41)19-11-12-19/h4,7,10,13,16-17,19-20,23-24,34H,1-3,5-6,8-9,11-12,14-15H2,(H2,33,37)(H,35,38)/b7-4-/t17-,20+,23+,24+/m1/s1. The molecular formula is C28H36F4N4O5S. The number of anilines is 1. The van der Waals surface area contributed by atoms with Gasteiger partial charge in [0.25, 0.3) is 0 Å². The van der Waals surface area contributed by atoms with Crippen LogP contribution in [0.4, 0.5) is 23.2 Å². The van der Waals surface area contributed by atoms with Crippen molar-refractivity contribution >= 4 is 33.4 Å². The first-order valence-electron chi connectivity index (χ1n) is 14.2. The number of nitrogens with one attached hydrogen (secondary N) is 2. The van der Waals surface area contributed by atoms with Gasteiger partial charge in [0.15, 0.2) is 0 Å². The Morgan fingerprint density at radius 3 is 2.52 bits per heavy atom. The third-order valence-corrected chi connectivity index (χ3v) is 9.74. The fraction of sp³-hybridized carbons (Fsp3) is 0.607. The summed E-state index contributed by atoms with van der Waals surface area (Å²) in [5, 5.41) is 2.37. The molecule has 4 N–H and O–H groups in total. The summed E-state index contributed by atoms with van der Waals surface area (Å²) in [5.74, 6) is -3.31. The molecule has 3 amide bonds. The van der Waals surface area contributed by atoms with E-state index in [4.69, 9.17) is 5.73 Å². The Bertz CT molecular complexity index is 1320. The van der Waals surface area contributed by atoms with Crippen LogP contribution in [0.25, 0.3) is 0 Å². The van der Waals surface area contributed by atoms with E-state index in [0.29, 0.717) is 70.0 Å². The minimum Gasteiger partial charge on any atom is -0.374 e. The van der Waals surface area contributed by atoms with E-state index >= 15 is 0 Å². The highest BCUT2D eigenvalue weighted by Gasteiger charge is 2.45. The van der Waals surface area contributed by atoms with Crippen LogP contribution in [0, 0.1) is 17.7 Å². The van der Waals surface area contributed by atoms with Crippen LogP contribution in [-0.2, 0) is 30.6 Å². The summed E-state index contributed by atoms with van der Waals surface area (Å²) < 4.78 is 79.5. The summed E-state index contributed by atoms with van der Waals surface area (Å²) in [4.78, 5) is 38.7. The molecule has 3 aliphatic rings. The van der Waals surface area contributed by atoms with Gasteiger partial charge in [0.2, 0.25) is 27.7 Å². The lowest BCUT2D eigenvalue weighted by Gasteiger charge is -2.28. The highest BCUT2D eigenvalue weighted by molar-refractivity contribution is 7.90. The minimum absolute atomic E-state index is 0.00145. The van der Waals surface area contributed by atoms with Crippen LogP contribution in [-0.4, -0.2) is 54.9 Å². The molecule has 2 aliphatic carbocycles. The van der Waals surface area contributed by atoms with Crippen molar-refractivity contribution in [3.63, 3.8) is 0 Å². The number of allylic oxidation sites excluding steroid dienone is 2. The predicted molar refractivity (Wildman–Crippen MR) is 147 cm³/mol. The third-order valence-electron chi connectivity index (χ3n) is 7.90. The molecule has 0 aromatic heterocycles. The molecule has 1 heterocycles. The number of alkyl halides is 3. The van der Waals surface area contributed by atoms with Crippen LogP contribution >= 0.6 is 0 Å². The van der Waals surface area contributed by atoms with Crippen LogP contribution in [0.1, 0.15) is 69.8 Å². The molecule has 0 radical (unpaired) electrons. The fourth-order valence-corrected chi connectivity index (χ4v) is 6.64. The summed E-state index contributed by atoms with van der Waals surface area (Å²) >= 11 is 0. The molecule has 2 saturated carbocycles. The smallest absolute Gasteiger partial charge is 0.374 e. The summed E-state index contributed by atoms with van der Waals surface area (Å²) in [6.45, 7) is 0.305. The topological polar surface area (TPSA) is 139 Å². The van der Waals surface area contributed by atoms with E-state index in [0.717, 1.165) is 12.5 Å². The SMILES string of the molecule is NC(=O)[C@@H]1CCCN1C(=O)[C@H](CCCCC/C=C\[C@@H]1C[C@@H]1C(=O)NS(=O)(=O)C1CC1)Nc1ccc(F)c(C(F)(F)F)c1. The number of nitrogens with zero attached hydrogens (tertiary/aromatic N) is 1. The van der Waals surface area contributed by atoms with Gasteiger partial charge >= 0.3 is 6.18 Å². The van der Waals surface area contributed by atoms with Gasteiger partial charge in [-0.1, -0.05) is 25.0 Å². The molecule has 1 aromatic rings. The first-order chi connectivity index (χ1) is 19.8. The Morgan fingerprint density at radius 1 is 1.12 bits per heavy atom. The minimum atomic E-state index is -4.90. The second-order valence-electron chi connectivity index (χ2n) is 11.3. The van der Waals surface area contributed by atoms with E-state index < -0.39 is 62.6 Å². The zero-order valence-electron chi connectivity index (χ0n) is 23.0. The first kappa shape index (κ1) is 31.8. The molecule has 42 heavy (non-hydrogen) atoms. The summed E-state index contributed by atoms with van der Waals surface area (Å²) in [6.07, 6.45) is 4.65. The Morgan fingerprint density at radius 2 is 1.86 bits per heavy atom. The Balaban J connectivity index is 1.27. The lowest BCUT2D eigenvalue weighted by atomic mass is 10.0. The number of carbonyl (C=O) groups excluding carboxylic acids is 3. The summed E-state index contributed by atoms with van der Waals surface area (Å²) in [6, 6.07) is 0.736. The van der Waals surface area contributed by atoms with E-state index in [9.17, 15) is 40.4 Å². The molecule has 3 fully saturated rings. The van der Waals surface area contributed by atoms with E-state index in [2.05, 4.69) is 10.0 Å². The summed E-state index contributed by atoms with van der Waals surface area (Å²) in [5.41, 5.74) is 3.94. The quantitative estimate of drug-likeness (QED) is 0.165. The molecule has 232 valence electrons. The lowest BCUT2D eigenvalue weighted by Crippen LogP contribution is -2.49. The molecule has 0 spiro atoms. The summed E-state index contributed by atoms with van der Waals surface area (Å²) in [7, 11) is -3.55. The predicted octanol–water partition coefficient (Wildman–Crippen LogP) is 3.85. The number of hydrogen-bond acceptors (Lipinski definition) is 6. The van der Waals surface area contributed by atoms with E-state index in [1.54, 1.807) is 0 Å². The van der Waals surface area contributed by atoms with Crippen LogP contribution in [0.3, 0.4) is 0 Å². The van der Waals surface area contributed by atoms with Gasteiger partial charge in [0.1, 0.15) is 17.9 Å².